The van der Waals surface area contributed by atoms with Gasteiger partial charge in [0.1, 0.15) is 23.8 Å². The highest BCUT2D eigenvalue weighted by molar-refractivity contribution is 7.13. The maximum Gasteiger partial charge on any atom is 0.260 e. The maximum atomic E-state index is 12.2. The highest BCUT2D eigenvalue weighted by atomic mass is 32.1. The van der Waals surface area contributed by atoms with Crippen molar-refractivity contribution in [2.45, 2.75) is 20.0 Å². The first-order valence-corrected chi connectivity index (χ1v) is 10.2. The lowest BCUT2D eigenvalue weighted by Gasteiger charge is -2.15. The number of hydrogen-bond donors (Lipinski definition) is 1. The van der Waals surface area contributed by atoms with Crippen LogP contribution in [0.25, 0.3) is 10.6 Å². The lowest BCUT2D eigenvalue weighted by molar-refractivity contribution is -0.127. The van der Waals surface area contributed by atoms with Gasteiger partial charge in [0, 0.05) is 12.1 Å². The standard InChI is InChI=1S/C21H23N3O4S/c1-3-26-16-6-4-7-17(14-16)28-15(2)21(25)22-11-12-27-20-10-9-18(23-24-20)19-8-5-13-29-19/h4-10,13-15H,3,11-12H2,1-2H3,(H,22,25). The van der Waals surface area contributed by atoms with Crippen LogP contribution in [-0.2, 0) is 4.79 Å². The van der Waals surface area contributed by atoms with E-state index in [1.54, 1.807) is 36.5 Å². The second kappa shape index (κ2) is 10.4. The van der Waals surface area contributed by atoms with Crippen molar-refractivity contribution in [1.82, 2.24) is 15.5 Å². The molecule has 7 nitrogen and oxygen atoms in total. The Balaban J connectivity index is 1.39. The smallest absolute Gasteiger partial charge is 0.260 e. The fraction of sp³-hybridized carbons (Fsp3) is 0.286. The molecule has 0 saturated carbocycles. The summed E-state index contributed by atoms with van der Waals surface area (Å²) in [5.74, 6) is 1.47. The molecule has 0 aliphatic carbocycles. The Kier molecular flexibility index (Phi) is 7.40. The first-order valence-electron chi connectivity index (χ1n) is 9.33. The molecule has 1 aromatic carbocycles. The molecule has 8 heteroatoms. The summed E-state index contributed by atoms with van der Waals surface area (Å²) in [5, 5.41) is 13.0. The molecular formula is C21H23N3O4S. The molecule has 3 aromatic rings. The van der Waals surface area contributed by atoms with Crippen molar-refractivity contribution < 1.29 is 19.0 Å². The normalized spacial score (nSPS) is 11.5. The summed E-state index contributed by atoms with van der Waals surface area (Å²) in [6, 6.07) is 14.8. The van der Waals surface area contributed by atoms with Gasteiger partial charge >= 0.3 is 0 Å². The van der Waals surface area contributed by atoms with Crippen LogP contribution in [0, 0.1) is 0 Å². The molecule has 1 unspecified atom stereocenters. The monoisotopic (exact) mass is 413 g/mol. The van der Waals surface area contributed by atoms with E-state index in [1.807, 2.05) is 42.6 Å². The third-order valence-electron chi connectivity index (χ3n) is 3.86. The average molecular weight is 413 g/mol. The van der Waals surface area contributed by atoms with E-state index in [0.717, 1.165) is 10.6 Å². The van der Waals surface area contributed by atoms with Crippen molar-refractivity contribution in [2.24, 2.45) is 0 Å². The zero-order valence-corrected chi connectivity index (χ0v) is 17.1. The highest BCUT2D eigenvalue weighted by Crippen LogP contribution is 2.23. The number of ether oxygens (including phenoxy) is 3. The predicted octanol–water partition coefficient (Wildman–Crippen LogP) is 3.57. The number of aromatic nitrogens is 2. The van der Waals surface area contributed by atoms with Gasteiger partial charge in [-0.15, -0.1) is 21.5 Å². The van der Waals surface area contributed by atoms with E-state index >= 15 is 0 Å². The van der Waals surface area contributed by atoms with E-state index < -0.39 is 6.10 Å². The maximum absolute atomic E-state index is 12.2. The van der Waals surface area contributed by atoms with E-state index in [2.05, 4.69) is 15.5 Å². The minimum Gasteiger partial charge on any atom is -0.494 e. The molecule has 0 bridgehead atoms. The summed E-state index contributed by atoms with van der Waals surface area (Å²) in [5.41, 5.74) is 0.806. The zero-order chi connectivity index (χ0) is 20.5. The Morgan fingerprint density at radius 1 is 1.10 bits per heavy atom. The number of rotatable bonds is 10. The van der Waals surface area contributed by atoms with Gasteiger partial charge in [0.2, 0.25) is 5.88 Å². The number of nitrogens with one attached hydrogen (secondary N) is 1. The van der Waals surface area contributed by atoms with Crippen LogP contribution in [0.5, 0.6) is 17.4 Å². The molecule has 0 radical (unpaired) electrons. The van der Waals surface area contributed by atoms with E-state index in [0.29, 0.717) is 30.5 Å². The fourth-order valence-electron chi connectivity index (χ4n) is 2.49. The van der Waals surface area contributed by atoms with Crippen LogP contribution in [-0.4, -0.2) is 42.0 Å². The van der Waals surface area contributed by atoms with Crippen LogP contribution in [0.4, 0.5) is 0 Å². The topological polar surface area (TPSA) is 82.6 Å². The van der Waals surface area contributed by atoms with Gasteiger partial charge in [0.05, 0.1) is 18.0 Å². The van der Waals surface area contributed by atoms with Gasteiger partial charge in [0.15, 0.2) is 6.10 Å². The number of amides is 1. The molecule has 0 aliphatic rings. The van der Waals surface area contributed by atoms with E-state index in [9.17, 15) is 4.79 Å². The van der Waals surface area contributed by atoms with Crippen LogP contribution >= 0.6 is 11.3 Å². The molecular weight excluding hydrogens is 390 g/mol. The van der Waals surface area contributed by atoms with Crippen molar-refractivity contribution in [3.8, 4) is 28.0 Å². The minimum absolute atomic E-state index is 0.227. The van der Waals surface area contributed by atoms with Crippen molar-refractivity contribution in [2.75, 3.05) is 19.8 Å². The molecule has 0 saturated heterocycles. The molecule has 2 aromatic heterocycles. The number of benzene rings is 1. The van der Waals surface area contributed by atoms with E-state index in [4.69, 9.17) is 14.2 Å². The molecule has 0 aliphatic heterocycles. The van der Waals surface area contributed by atoms with Crippen molar-refractivity contribution in [3.63, 3.8) is 0 Å². The number of carbonyl (C=O) groups excluding carboxylic acids is 1. The summed E-state index contributed by atoms with van der Waals surface area (Å²) >= 11 is 1.60. The van der Waals surface area contributed by atoms with Crippen LogP contribution in [0.3, 0.4) is 0 Å². The third-order valence-corrected chi connectivity index (χ3v) is 4.76. The summed E-state index contributed by atoms with van der Waals surface area (Å²) in [6.45, 7) is 4.79. The average Bonchev–Trinajstić information content (AvgIpc) is 3.27. The quantitative estimate of drug-likeness (QED) is 0.512. The fourth-order valence-corrected chi connectivity index (χ4v) is 3.18. The van der Waals surface area contributed by atoms with Gasteiger partial charge in [-0.1, -0.05) is 12.1 Å². The molecule has 1 N–H and O–H groups in total. The Morgan fingerprint density at radius 2 is 1.97 bits per heavy atom. The Bertz CT molecular complexity index is 901. The van der Waals surface area contributed by atoms with Gasteiger partial charge in [-0.25, -0.2) is 0 Å². The minimum atomic E-state index is -0.642. The van der Waals surface area contributed by atoms with Crippen molar-refractivity contribution in [3.05, 3.63) is 53.9 Å². The highest BCUT2D eigenvalue weighted by Gasteiger charge is 2.14. The number of thiophene rings is 1. The number of carbonyl (C=O) groups is 1. The lowest BCUT2D eigenvalue weighted by Crippen LogP contribution is -2.38. The second-order valence-corrected chi connectivity index (χ2v) is 6.99. The van der Waals surface area contributed by atoms with Crippen LogP contribution in [0.15, 0.2) is 53.9 Å². The molecule has 0 fully saturated rings. The van der Waals surface area contributed by atoms with Gasteiger partial charge < -0.3 is 19.5 Å². The first kappa shape index (κ1) is 20.6. The molecule has 152 valence electrons. The predicted molar refractivity (Wildman–Crippen MR) is 112 cm³/mol. The zero-order valence-electron chi connectivity index (χ0n) is 16.3. The van der Waals surface area contributed by atoms with Crippen LogP contribution < -0.4 is 19.5 Å². The molecule has 2 heterocycles. The van der Waals surface area contributed by atoms with E-state index in [1.165, 1.54) is 0 Å². The van der Waals surface area contributed by atoms with Gasteiger partial charge in [-0.2, -0.15) is 0 Å². The van der Waals surface area contributed by atoms with E-state index in [-0.39, 0.29) is 12.5 Å². The SMILES string of the molecule is CCOc1cccc(OC(C)C(=O)NCCOc2ccc(-c3cccs3)nn2)c1. The summed E-state index contributed by atoms with van der Waals surface area (Å²) < 4.78 is 16.6. The summed E-state index contributed by atoms with van der Waals surface area (Å²) in [4.78, 5) is 13.2. The Hall–Kier alpha value is -3.13. The third kappa shape index (κ3) is 6.18. The Morgan fingerprint density at radius 3 is 2.69 bits per heavy atom. The first-order chi connectivity index (χ1) is 14.2. The van der Waals surface area contributed by atoms with Crippen LogP contribution in [0.2, 0.25) is 0 Å². The van der Waals surface area contributed by atoms with Crippen LogP contribution in [0.1, 0.15) is 13.8 Å². The molecule has 1 amide bonds. The molecule has 1 atom stereocenters. The molecule has 0 spiro atoms. The second-order valence-electron chi connectivity index (χ2n) is 6.04. The Labute approximate surface area is 173 Å². The lowest BCUT2D eigenvalue weighted by atomic mass is 10.3. The number of nitrogens with zero attached hydrogens (tertiary/aromatic N) is 2. The van der Waals surface area contributed by atoms with Gasteiger partial charge in [0.25, 0.3) is 5.91 Å². The van der Waals surface area contributed by atoms with Gasteiger partial charge in [-0.3, -0.25) is 4.79 Å². The largest absolute Gasteiger partial charge is 0.494 e. The molecule has 3 rings (SSSR count). The number of hydrogen-bond acceptors (Lipinski definition) is 7. The molecule has 29 heavy (non-hydrogen) atoms. The summed E-state index contributed by atoms with van der Waals surface area (Å²) in [7, 11) is 0. The van der Waals surface area contributed by atoms with Crippen molar-refractivity contribution in [1.29, 1.82) is 0 Å². The van der Waals surface area contributed by atoms with Gasteiger partial charge in [-0.05, 0) is 43.5 Å². The van der Waals surface area contributed by atoms with Crippen molar-refractivity contribution >= 4 is 17.2 Å². The summed E-state index contributed by atoms with van der Waals surface area (Å²) in [6.07, 6.45) is -0.642.